The lowest BCUT2D eigenvalue weighted by Gasteiger charge is -2.44. The van der Waals surface area contributed by atoms with Crippen molar-refractivity contribution < 1.29 is 35.9 Å². The van der Waals surface area contributed by atoms with Gasteiger partial charge in [-0.2, -0.15) is 13.2 Å². The maximum atomic E-state index is 13.6. The Morgan fingerprint density at radius 3 is 2.60 bits per heavy atom. The number of benzene rings is 1. The number of allylic oxidation sites excluding steroid dienone is 1. The predicted molar refractivity (Wildman–Crippen MR) is 124 cm³/mol. The van der Waals surface area contributed by atoms with Gasteiger partial charge in [0.15, 0.2) is 15.9 Å². The molecule has 0 aromatic heterocycles. The molecule has 1 saturated heterocycles. The first-order valence-electron chi connectivity index (χ1n) is 11.8. The monoisotopic (exact) mass is 513 g/mol. The van der Waals surface area contributed by atoms with Crippen LogP contribution < -0.4 is 4.74 Å². The van der Waals surface area contributed by atoms with E-state index in [1.165, 1.54) is 13.0 Å². The van der Waals surface area contributed by atoms with Crippen molar-refractivity contribution in [3.63, 3.8) is 0 Å². The molecule has 6 nitrogen and oxygen atoms in total. The van der Waals surface area contributed by atoms with Gasteiger partial charge in [0.2, 0.25) is 6.41 Å². The van der Waals surface area contributed by atoms with E-state index < -0.39 is 27.5 Å². The van der Waals surface area contributed by atoms with Crippen LogP contribution in [0, 0.1) is 5.92 Å². The summed E-state index contributed by atoms with van der Waals surface area (Å²) in [7, 11) is -3.88. The molecule has 0 radical (unpaired) electrons. The number of alkyl halides is 3. The summed E-state index contributed by atoms with van der Waals surface area (Å²) in [5.41, 5.74) is 1.69. The average Bonchev–Trinajstić information content (AvgIpc) is 3.26. The number of rotatable bonds is 7. The Kier molecular flexibility index (Phi) is 7.07. The van der Waals surface area contributed by atoms with Crippen molar-refractivity contribution in [2.45, 2.75) is 55.7 Å². The number of ether oxygens (including phenoxy) is 2. The highest BCUT2D eigenvalue weighted by molar-refractivity contribution is 7.91. The third-order valence-electron chi connectivity index (χ3n) is 7.36. The summed E-state index contributed by atoms with van der Waals surface area (Å²) in [6.07, 6.45) is -0.335. The van der Waals surface area contributed by atoms with Gasteiger partial charge in [0.1, 0.15) is 10.6 Å². The van der Waals surface area contributed by atoms with Crippen LogP contribution in [0.4, 0.5) is 13.2 Å². The van der Waals surface area contributed by atoms with E-state index >= 15 is 0 Å². The van der Waals surface area contributed by atoms with Crippen molar-refractivity contribution in [1.29, 1.82) is 0 Å². The van der Waals surface area contributed by atoms with Crippen LogP contribution in [0.1, 0.15) is 38.7 Å². The number of sulfone groups is 1. The quantitative estimate of drug-likeness (QED) is 0.511. The third kappa shape index (κ3) is 4.87. The van der Waals surface area contributed by atoms with Crippen molar-refractivity contribution in [1.82, 2.24) is 4.90 Å². The smallest absolute Gasteiger partial charge is 0.425 e. The molecule has 4 rings (SSSR count). The zero-order valence-electron chi connectivity index (χ0n) is 19.8. The second-order valence-electron chi connectivity index (χ2n) is 9.41. The van der Waals surface area contributed by atoms with Crippen LogP contribution in [0.2, 0.25) is 0 Å². The number of carbonyl (C=O) groups is 1. The maximum Gasteiger partial charge on any atom is 0.425 e. The number of carbonyl (C=O) groups excluding carboxylic acids is 1. The van der Waals surface area contributed by atoms with Crippen molar-refractivity contribution in [3.8, 4) is 5.75 Å². The van der Waals surface area contributed by atoms with Gasteiger partial charge in [0.05, 0.1) is 5.75 Å². The van der Waals surface area contributed by atoms with Gasteiger partial charge in [-0.15, -0.1) is 0 Å². The van der Waals surface area contributed by atoms with E-state index in [0.29, 0.717) is 51.1 Å². The predicted octanol–water partition coefficient (Wildman–Crippen LogP) is 4.20. The van der Waals surface area contributed by atoms with E-state index in [0.717, 1.165) is 24.5 Å². The Morgan fingerprint density at radius 1 is 1.26 bits per heavy atom. The maximum absolute atomic E-state index is 13.6. The molecule has 1 fully saturated rings. The zero-order valence-corrected chi connectivity index (χ0v) is 20.6. The highest BCUT2D eigenvalue weighted by atomic mass is 32.2. The summed E-state index contributed by atoms with van der Waals surface area (Å²) in [6, 6.07) is 4.58. The van der Waals surface area contributed by atoms with Crippen LogP contribution >= 0.6 is 0 Å². The van der Waals surface area contributed by atoms with Gasteiger partial charge in [-0.05, 0) is 49.3 Å². The summed E-state index contributed by atoms with van der Waals surface area (Å²) < 4.78 is 77.7. The van der Waals surface area contributed by atoms with E-state index in [1.54, 1.807) is 17.0 Å². The summed E-state index contributed by atoms with van der Waals surface area (Å²) in [5.74, 6) is -0.503. The Hall–Kier alpha value is -2.33. The lowest BCUT2D eigenvalue weighted by Crippen LogP contribution is -2.40. The van der Waals surface area contributed by atoms with Gasteiger partial charge in [0.25, 0.3) is 0 Å². The molecule has 0 saturated carbocycles. The van der Waals surface area contributed by atoms with Crippen LogP contribution in [0.5, 0.6) is 5.75 Å². The minimum absolute atomic E-state index is 0.00467. The van der Waals surface area contributed by atoms with Crippen LogP contribution in [-0.2, 0) is 24.8 Å². The molecule has 3 aliphatic rings. The van der Waals surface area contributed by atoms with Gasteiger partial charge in [-0.3, -0.25) is 4.79 Å². The van der Waals surface area contributed by atoms with Crippen molar-refractivity contribution in [3.05, 3.63) is 47.1 Å². The minimum atomic E-state index is -4.67. The van der Waals surface area contributed by atoms with Crippen LogP contribution in [-0.4, -0.2) is 64.1 Å². The SMILES string of the molecule is CCS(=O)(=O)c1cccc(C2(C3CCOCC3)C=CC3=C(CN(C=O)C3)C2)c1O[C@@H](C)C(F)(F)F. The number of halogens is 3. The fourth-order valence-corrected chi connectivity index (χ4v) is 6.39. The van der Waals surface area contributed by atoms with Crippen molar-refractivity contribution in [2.24, 2.45) is 5.92 Å². The Balaban J connectivity index is 1.90. The van der Waals surface area contributed by atoms with Gasteiger partial charge in [-0.25, -0.2) is 8.42 Å². The number of hydrogen-bond acceptors (Lipinski definition) is 5. The topological polar surface area (TPSA) is 72.9 Å². The second kappa shape index (κ2) is 9.61. The first-order valence-corrected chi connectivity index (χ1v) is 13.4. The fraction of sp³-hybridized carbons (Fsp3) is 0.560. The van der Waals surface area contributed by atoms with Gasteiger partial charge in [0, 0.05) is 37.3 Å². The first-order chi connectivity index (χ1) is 16.5. The second-order valence-corrected chi connectivity index (χ2v) is 11.7. The fourth-order valence-electron chi connectivity index (χ4n) is 5.36. The van der Waals surface area contributed by atoms with Crippen molar-refractivity contribution >= 4 is 16.2 Å². The molecule has 1 aromatic rings. The van der Waals surface area contributed by atoms with Crippen LogP contribution in [0.3, 0.4) is 0 Å². The Morgan fingerprint density at radius 2 is 1.97 bits per heavy atom. The highest BCUT2D eigenvalue weighted by Gasteiger charge is 2.47. The molecule has 1 aliphatic carbocycles. The molecule has 35 heavy (non-hydrogen) atoms. The number of nitrogens with zero attached hydrogens (tertiary/aromatic N) is 1. The largest absolute Gasteiger partial charge is 0.480 e. The van der Waals surface area contributed by atoms with E-state index in [-0.39, 0.29) is 22.3 Å². The van der Waals surface area contributed by atoms with E-state index in [9.17, 15) is 26.4 Å². The number of para-hydroxylation sites is 1. The van der Waals surface area contributed by atoms with Crippen LogP contribution in [0.25, 0.3) is 0 Å². The molecule has 0 spiro atoms. The molecule has 10 heteroatoms. The van der Waals surface area contributed by atoms with Crippen molar-refractivity contribution in [2.75, 3.05) is 32.1 Å². The lowest BCUT2D eigenvalue weighted by atomic mass is 9.62. The summed E-state index contributed by atoms with van der Waals surface area (Å²) in [5, 5.41) is 0. The molecule has 2 aliphatic heterocycles. The Labute approximate surface area is 203 Å². The van der Waals surface area contributed by atoms with E-state index in [2.05, 4.69) is 0 Å². The minimum Gasteiger partial charge on any atom is -0.480 e. The molecular weight excluding hydrogens is 483 g/mol. The summed E-state index contributed by atoms with van der Waals surface area (Å²) >= 11 is 0. The third-order valence-corrected chi connectivity index (χ3v) is 9.11. The normalized spacial score (nSPS) is 24.4. The molecule has 1 unspecified atom stereocenters. The van der Waals surface area contributed by atoms with Crippen LogP contribution in [0.15, 0.2) is 46.4 Å². The Bertz CT molecular complexity index is 1140. The molecular formula is C25H30F3NO5S. The number of hydrogen-bond donors (Lipinski definition) is 0. The molecule has 1 aromatic carbocycles. The zero-order chi connectivity index (χ0) is 25.4. The standard InChI is InChI=1S/C25H30F3NO5S/c1-3-35(31,32)22-6-4-5-21(23(22)34-17(2)25(26,27)28)24(20-8-11-33-12-9-20)10-7-18-14-29(16-30)15-19(18)13-24/h4-7,10,16-17,20H,3,8-9,11-15H2,1-2H3/t17-,24?/m0/s1. The average molecular weight is 514 g/mol. The number of amides is 1. The van der Waals surface area contributed by atoms with E-state index in [1.807, 2.05) is 12.2 Å². The molecule has 0 N–H and O–H groups in total. The first kappa shape index (κ1) is 25.8. The van der Waals surface area contributed by atoms with E-state index in [4.69, 9.17) is 9.47 Å². The van der Waals surface area contributed by atoms with Gasteiger partial charge >= 0.3 is 6.18 Å². The lowest BCUT2D eigenvalue weighted by molar-refractivity contribution is -0.189. The molecule has 192 valence electrons. The van der Waals surface area contributed by atoms with Gasteiger partial charge in [-0.1, -0.05) is 31.2 Å². The van der Waals surface area contributed by atoms with Gasteiger partial charge < -0.3 is 14.4 Å². The molecule has 2 atom stereocenters. The molecule has 0 bridgehead atoms. The summed E-state index contributed by atoms with van der Waals surface area (Å²) in [6.45, 7) is 4.28. The molecule has 1 amide bonds. The highest BCUT2D eigenvalue weighted by Crippen LogP contribution is 2.52. The molecule has 2 heterocycles. The summed E-state index contributed by atoms with van der Waals surface area (Å²) in [4.78, 5) is 12.8.